The molecule has 1 aromatic heterocycles. The van der Waals surface area contributed by atoms with E-state index in [-0.39, 0.29) is 0 Å². The summed E-state index contributed by atoms with van der Waals surface area (Å²) < 4.78 is 5.71. The largest absolute Gasteiger partial charge is 0.375 e. The summed E-state index contributed by atoms with van der Waals surface area (Å²) in [5.41, 5.74) is 0. The Bertz CT molecular complexity index is 355. The van der Waals surface area contributed by atoms with Crippen molar-refractivity contribution in [3.63, 3.8) is 0 Å². The van der Waals surface area contributed by atoms with Crippen LogP contribution in [0.4, 0.5) is 5.13 Å². The molecular weight excluding hydrogens is 234 g/mol. The van der Waals surface area contributed by atoms with Crippen molar-refractivity contribution in [3.05, 3.63) is 11.1 Å². The maximum absolute atomic E-state index is 5.71. The van der Waals surface area contributed by atoms with Gasteiger partial charge in [-0.1, -0.05) is 6.92 Å². The topological polar surface area (TPSA) is 37.4 Å². The minimum atomic E-state index is 0.300. The molecule has 17 heavy (non-hydrogen) atoms. The summed E-state index contributed by atoms with van der Waals surface area (Å²) >= 11 is 1.78. The van der Waals surface area contributed by atoms with Crippen molar-refractivity contribution in [3.8, 4) is 0 Å². The summed E-state index contributed by atoms with van der Waals surface area (Å²) in [4.78, 5) is 8.23. The first-order valence-electron chi connectivity index (χ1n) is 6.22. The molecule has 1 aliphatic rings. The molecule has 0 bridgehead atoms. The van der Waals surface area contributed by atoms with E-state index in [1.165, 1.54) is 4.88 Å². The lowest BCUT2D eigenvalue weighted by Crippen LogP contribution is -2.48. The predicted molar refractivity (Wildman–Crippen MR) is 71.7 cm³/mol. The minimum absolute atomic E-state index is 0.300. The summed E-state index contributed by atoms with van der Waals surface area (Å²) in [6.07, 6.45) is 3.38. The zero-order valence-electron chi connectivity index (χ0n) is 10.8. The Labute approximate surface area is 107 Å². The van der Waals surface area contributed by atoms with Gasteiger partial charge in [-0.3, -0.25) is 0 Å². The highest BCUT2D eigenvalue weighted by atomic mass is 32.1. The van der Waals surface area contributed by atoms with Crippen LogP contribution in [0.1, 0.15) is 25.1 Å². The third-order valence-electron chi connectivity index (χ3n) is 3.08. The number of thiazole rings is 1. The van der Waals surface area contributed by atoms with Crippen LogP contribution in [-0.4, -0.2) is 37.3 Å². The van der Waals surface area contributed by atoms with E-state index in [2.05, 4.69) is 29.0 Å². The fourth-order valence-electron chi connectivity index (χ4n) is 2.10. The number of hydrogen-bond donors (Lipinski definition) is 1. The predicted octanol–water partition coefficient (Wildman–Crippen LogP) is 1.87. The van der Waals surface area contributed by atoms with Crippen LogP contribution >= 0.6 is 11.3 Å². The average molecular weight is 255 g/mol. The second kappa shape index (κ2) is 5.80. The number of morpholine rings is 1. The van der Waals surface area contributed by atoms with Gasteiger partial charge in [0.05, 0.1) is 18.8 Å². The van der Waals surface area contributed by atoms with Gasteiger partial charge in [0.15, 0.2) is 5.13 Å². The monoisotopic (exact) mass is 255 g/mol. The van der Waals surface area contributed by atoms with Crippen LogP contribution in [0, 0.1) is 0 Å². The fourth-order valence-corrected chi connectivity index (χ4v) is 3.11. The first-order valence-corrected chi connectivity index (χ1v) is 7.03. The number of aromatic nitrogens is 1. The second-order valence-electron chi connectivity index (χ2n) is 4.50. The van der Waals surface area contributed by atoms with E-state index in [0.29, 0.717) is 12.1 Å². The van der Waals surface area contributed by atoms with Crippen LogP contribution in [-0.2, 0) is 11.3 Å². The Morgan fingerprint density at radius 3 is 3.18 bits per heavy atom. The smallest absolute Gasteiger partial charge is 0.185 e. The SMILES string of the molecule is CCC1COC(C)CN1c1ncc(CNC)s1. The number of nitrogens with one attached hydrogen (secondary N) is 1. The Kier molecular flexibility index (Phi) is 4.36. The van der Waals surface area contributed by atoms with Gasteiger partial charge in [0, 0.05) is 24.2 Å². The molecule has 5 heteroatoms. The fraction of sp³-hybridized carbons (Fsp3) is 0.750. The van der Waals surface area contributed by atoms with Crippen molar-refractivity contribution < 1.29 is 4.74 Å². The molecule has 2 rings (SSSR count). The highest BCUT2D eigenvalue weighted by Gasteiger charge is 2.27. The Morgan fingerprint density at radius 2 is 2.47 bits per heavy atom. The van der Waals surface area contributed by atoms with Crippen molar-refractivity contribution in [2.75, 3.05) is 25.1 Å². The first kappa shape index (κ1) is 12.8. The lowest BCUT2D eigenvalue weighted by molar-refractivity contribution is 0.0299. The number of hydrogen-bond acceptors (Lipinski definition) is 5. The highest BCUT2D eigenvalue weighted by Crippen LogP contribution is 2.27. The van der Waals surface area contributed by atoms with Crippen molar-refractivity contribution in [1.29, 1.82) is 0 Å². The van der Waals surface area contributed by atoms with E-state index in [0.717, 1.165) is 31.2 Å². The molecule has 0 spiro atoms. The summed E-state index contributed by atoms with van der Waals surface area (Å²) in [7, 11) is 1.96. The van der Waals surface area contributed by atoms with Crippen LogP contribution in [0.3, 0.4) is 0 Å². The van der Waals surface area contributed by atoms with Crippen LogP contribution in [0.2, 0.25) is 0 Å². The van der Waals surface area contributed by atoms with Crippen molar-refractivity contribution in [2.24, 2.45) is 0 Å². The number of nitrogens with zero attached hydrogens (tertiary/aromatic N) is 2. The highest BCUT2D eigenvalue weighted by molar-refractivity contribution is 7.15. The lowest BCUT2D eigenvalue weighted by atomic mass is 10.1. The molecule has 4 nitrogen and oxygen atoms in total. The molecule has 1 aliphatic heterocycles. The standard InChI is InChI=1S/C12H21N3OS/c1-4-10-8-16-9(2)7-15(10)12-14-6-11(17-12)5-13-3/h6,9-10,13H,4-5,7-8H2,1-3H3. The molecular formula is C12H21N3OS. The molecule has 2 atom stereocenters. The maximum atomic E-state index is 5.71. The summed E-state index contributed by atoms with van der Waals surface area (Å²) in [5, 5.41) is 4.30. The quantitative estimate of drug-likeness (QED) is 0.891. The van der Waals surface area contributed by atoms with Crippen molar-refractivity contribution >= 4 is 16.5 Å². The van der Waals surface area contributed by atoms with Gasteiger partial charge in [-0.05, 0) is 20.4 Å². The van der Waals surface area contributed by atoms with Crippen LogP contribution in [0.5, 0.6) is 0 Å². The Balaban J connectivity index is 2.11. The van der Waals surface area contributed by atoms with E-state index in [1.54, 1.807) is 11.3 Å². The molecule has 0 radical (unpaired) electrons. The molecule has 1 aromatic rings. The molecule has 1 saturated heterocycles. The number of rotatable bonds is 4. The number of ether oxygens (including phenoxy) is 1. The lowest BCUT2D eigenvalue weighted by Gasteiger charge is -2.38. The molecule has 2 unspecified atom stereocenters. The first-order chi connectivity index (χ1) is 8.24. The van der Waals surface area contributed by atoms with Gasteiger partial charge in [-0.2, -0.15) is 0 Å². The number of anilines is 1. The van der Waals surface area contributed by atoms with Crippen molar-refractivity contribution in [2.45, 2.75) is 39.0 Å². The summed E-state index contributed by atoms with van der Waals surface area (Å²) in [6.45, 7) is 7.00. The Morgan fingerprint density at radius 1 is 1.65 bits per heavy atom. The van der Waals surface area contributed by atoms with Gasteiger partial charge < -0.3 is 15.0 Å². The molecule has 1 N–H and O–H groups in total. The van der Waals surface area contributed by atoms with Crippen LogP contribution < -0.4 is 10.2 Å². The zero-order valence-corrected chi connectivity index (χ0v) is 11.6. The van der Waals surface area contributed by atoms with Gasteiger partial charge in [-0.15, -0.1) is 11.3 Å². The van der Waals surface area contributed by atoms with Gasteiger partial charge in [0.2, 0.25) is 0 Å². The van der Waals surface area contributed by atoms with Gasteiger partial charge in [0.1, 0.15) is 0 Å². The van der Waals surface area contributed by atoms with Crippen molar-refractivity contribution in [1.82, 2.24) is 10.3 Å². The second-order valence-corrected chi connectivity index (χ2v) is 5.59. The zero-order chi connectivity index (χ0) is 12.3. The van der Waals surface area contributed by atoms with Gasteiger partial charge in [0.25, 0.3) is 0 Å². The van der Waals surface area contributed by atoms with E-state index in [4.69, 9.17) is 4.74 Å². The van der Waals surface area contributed by atoms with E-state index < -0.39 is 0 Å². The summed E-state index contributed by atoms with van der Waals surface area (Å²) in [5.74, 6) is 0. The molecule has 0 aromatic carbocycles. The molecule has 96 valence electrons. The van der Waals surface area contributed by atoms with E-state index in [1.807, 2.05) is 13.2 Å². The molecule has 2 heterocycles. The maximum Gasteiger partial charge on any atom is 0.185 e. The summed E-state index contributed by atoms with van der Waals surface area (Å²) in [6, 6.07) is 0.472. The molecule has 0 aliphatic carbocycles. The minimum Gasteiger partial charge on any atom is -0.375 e. The normalized spacial score (nSPS) is 25.2. The molecule has 0 saturated carbocycles. The van der Waals surface area contributed by atoms with Crippen LogP contribution in [0.25, 0.3) is 0 Å². The Hall–Kier alpha value is -0.650. The van der Waals surface area contributed by atoms with E-state index >= 15 is 0 Å². The van der Waals surface area contributed by atoms with Gasteiger partial charge >= 0.3 is 0 Å². The third kappa shape index (κ3) is 2.97. The van der Waals surface area contributed by atoms with E-state index in [9.17, 15) is 0 Å². The molecule has 0 amide bonds. The van der Waals surface area contributed by atoms with Gasteiger partial charge in [-0.25, -0.2) is 4.98 Å². The molecule has 1 fully saturated rings. The van der Waals surface area contributed by atoms with Crippen LogP contribution in [0.15, 0.2) is 6.20 Å². The average Bonchev–Trinajstić information content (AvgIpc) is 2.78. The third-order valence-corrected chi connectivity index (χ3v) is 4.11.